The molecular formula is C12H24N2O. The van der Waals surface area contributed by atoms with Gasteiger partial charge in [0, 0.05) is 19.5 Å². The van der Waals surface area contributed by atoms with Gasteiger partial charge in [-0.05, 0) is 38.6 Å². The molecule has 1 fully saturated rings. The third-order valence-corrected chi connectivity index (χ3v) is 3.56. The molecule has 0 aromatic rings. The lowest BCUT2D eigenvalue weighted by molar-refractivity contribution is -0.135. The first kappa shape index (κ1) is 12.5. The van der Waals surface area contributed by atoms with Gasteiger partial charge in [0.2, 0.25) is 5.91 Å². The van der Waals surface area contributed by atoms with Crippen molar-refractivity contribution in [1.29, 1.82) is 0 Å². The number of amides is 1. The molecule has 15 heavy (non-hydrogen) atoms. The zero-order chi connectivity index (χ0) is 11.3. The summed E-state index contributed by atoms with van der Waals surface area (Å²) in [6, 6.07) is 0. The number of carbonyl (C=O) groups excluding carboxylic acids is 1. The number of carbonyl (C=O) groups is 1. The van der Waals surface area contributed by atoms with Crippen LogP contribution in [0, 0.1) is 11.8 Å². The summed E-state index contributed by atoms with van der Waals surface area (Å²) in [5, 5.41) is 0. The van der Waals surface area contributed by atoms with E-state index in [1.807, 2.05) is 18.9 Å². The van der Waals surface area contributed by atoms with Gasteiger partial charge in [-0.2, -0.15) is 0 Å². The standard InChI is InChI=1S/C12H24N2O/c1-3-14(2)12(15)11-6-4-5-10(9-11)7-8-13/h10-11H,3-9,13H2,1-2H3. The van der Waals surface area contributed by atoms with Gasteiger partial charge in [0.25, 0.3) is 0 Å². The van der Waals surface area contributed by atoms with Gasteiger partial charge in [-0.15, -0.1) is 0 Å². The summed E-state index contributed by atoms with van der Waals surface area (Å²) >= 11 is 0. The van der Waals surface area contributed by atoms with Gasteiger partial charge < -0.3 is 10.6 Å². The van der Waals surface area contributed by atoms with Crippen LogP contribution in [0.3, 0.4) is 0 Å². The van der Waals surface area contributed by atoms with E-state index in [1.165, 1.54) is 12.8 Å². The first-order valence-electron chi connectivity index (χ1n) is 6.14. The lowest BCUT2D eigenvalue weighted by atomic mass is 9.79. The Bertz CT molecular complexity index is 204. The van der Waals surface area contributed by atoms with Crippen LogP contribution >= 0.6 is 0 Å². The zero-order valence-electron chi connectivity index (χ0n) is 10.0. The summed E-state index contributed by atoms with van der Waals surface area (Å²) in [6.45, 7) is 3.60. The van der Waals surface area contributed by atoms with Crippen LogP contribution in [0.2, 0.25) is 0 Å². The van der Waals surface area contributed by atoms with E-state index in [9.17, 15) is 4.79 Å². The van der Waals surface area contributed by atoms with Gasteiger partial charge in [0.05, 0.1) is 0 Å². The first-order valence-corrected chi connectivity index (χ1v) is 6.14. The third-order valence-electron chi connectivity index (χ3n) is 3.56. The molecule has 0 saturated heterocycles. The summed E-state index contributed by atoms with van der Waals surface area (Å²) in [7, 11) is 1.90. The zero-order valence-corrected chi connectivity index (χ0v) is 10.0. The topological polar surface area (TPSA) is 46.3 Å². The number of rotatable bonds is 4. The van der Waals surface area contributed by atoms with E-state index in [0.29, 0.717) is 11.8 Å². The van der Waals surface area contributed by atoms with Crippen LogP contribution in [0.25, 0.3) is 0 Å². The van der Waals surface area contributed by atoms with E-state index < -0.39 is 0 Å². The highest BCUT2D eigenvalue weighted by Gasteiger charge is 2.28. The average molecular weight is 212 g/mol. The summed E-state index contributed by atoms with van der Waals surface area (Å²) < 4.78 is 0. The van der Waals surface area contributed by atoms with Crippen LogP contribution in [0.4, 0.5) is 0 Å². The predicted molar refractivity (Wildman–Crippen MR) is 62.4 cm³/mol. The largest absolute Gasteiger partial charge is 0.346 e. The fraction of sp³-hybridized carbons (Fsp3) is 0.917. The molecule has 2 N–H and O–H groups in total. The van der Waals surface area contributed by atoms with Gasteiger partial charge >= 0.3 is 0 Å². The van der Waals surface area contributed by atoms with Crippen molar-refractivity contribution in [3.05, 3.63) is 0 Å². The molecule has 0 bridgehead atoms. The van der Waals surface area contributed by atoms with E-state index in [4.69, 9.17) is 5.73 Å². The molecule has 2 unspecified atom stereocenters. The Balaban J connectivity index is 2.44. The maximum atomic E-state index is 12.0. The highest BCUT2D eigenvalue weighted by atomic mass is 16.2. The molecule has 1 rings (SSSR count). The van der Waals surface area contributed by atoms with Gasteiger partial charge in [-0.1, -0.05) is 12.8 Å². The van der Waals surface area contributed by atoms with E-state index in [1.54, 1.807) is 0 Å². The second kappa shape index (κ2) is 6.11. The molecule has 0 aliphatic heterocycles. The van der Waals surface area contributed by atoms with Crippen molar-refractivity contribution in [1.82, 2.24) is 4.90 Å². The van der Waals surface area contributed by atoms with E-state index in [0.717, 1.165) is 32.4 Å². The molecular weight excluding hydrogens is 188 g/mol. The monoisotopic (exact) mass is 212 g/mol. The minimum atomic E-state index is 0.264. The quantitative estimate of drug-likeness (QED) is 0.769. The van der Waals surface area contributed by atoms with E-state index in [2.05, 4.69) is 0 Å². The van der Waals surface area contributed by atoms with Crippen molar-refractivity contribution in [2.45, 2.75) is 39.0 Å². The number of nitrogens with zero attached hydrogens (tertiary/aromatic N) is 1. The first-order chi connectivity index (χ1) is 7.19. The van der Waals surface area contributed by atoms with Crippen molar-refractivity contribution >= 4 is 5.91 Å². The third kappa shape index (κ3) is 3.49. The lowest BCUT2D eigenvalue weighted by Gasteiger charge is -2.30. The summed E-state index contributed by atoms with van der Waals surface area (Å²) in [5.74, 6) is 1.28. The van der Waals surface area contributed by atoms with Crippen molar-refractivity contribution in [2.24, 2.45) is 17.6 Å². The molecule has 1 saturated carbocycles. The molecule has 3 nitrogen and oxygen atoms in total. The van der Waals surface area contributed by atoms with Gasteiger partial charge in [0.1, 0.15) is 0 Å². The average Bonchev–Trinajstić information content (AvgIpc) is 2.28. The second-order valence-corrected chi connectivity index (χ2v) is 4.66. The molecule has 1 amide bonds. The maximum absolute atomic E-state index is 12.0. The molecule has 0 spiro atoms. The van der Waals surface area contributed by atoms with Crippen molar-refractivity contribution in [3.63, 3.8) is 0 Å². The fourth-order valence-corrected chi connectivity index (χ4v) is 2.48. The van der Waals surface area contributed by atoms with E-state index in [-0.39, 0.29) is 5.92 Å². The molecule has 1 aliphatic rings. The molecule has 2 atom stereocenters. The highest BCUT2D eigenvalue weighted by molar-refractivity contribution is 5.78. The number of hydrogen-bond donors (Lipinski definition) is 1. The highest BCUT2D eigenvalue weighted by Crippen LogP contribution is 2.31. The Morgan fingerprint density at radius 1 is 1.47 bits per heavy atom. The Hall–Kier alpha value is -0.570. The second-order valence-electron chi connectivity index (χ2n) is 4.66. The SMILES string of the molecule is CCN(C)C(=O)C1CCCC(CCN)C1. The Kier molecular flexibility index (Phi) is 5.09. The van der Waals surface area contributed by atoms with Crippen LogP contribution in [-0.2, 0) is 4.79 Å². The van der Waals surface area contributed by atoms with Crippen LogP contribution in [0.5, 0.6) is 0 Å². The van der Waals surface area contributed by atoms with Gasteiger partial charge in [-0.25, -0.2) is 0 Å². The van der Waals surface area contributed by atoms with Crippen LogP contribution in [0.15, 0.2) is 0 Å². The number of nitrogens with two attached hydrogens (primary N) is 1. The van der Waals surface area contributed by atoms with Gasteiger partial charge in [-0.3, -0.25) is 4.79 Å². The van der Waals surface area contributed by atoms with Crippen LogP contribution in [-0.4, -0.2) is 30.9 Å². The molecule has 88 valence electrons. The minimum absolute atomic E-state index is 0.264. The molecule has 1 aliphatic carbocycles. The molecule has 0 aromatic heterocycles. The van der Waals surface area contributed by atoms with Crippen molar-refractivity contribution in [2.75, 3.05) is 20.1 Å². The number of hydrogen-bond acceptors (Lipinski definition) is 2. The van der Waals surface area contributed by atoms with Crippen LogP contribution < -0.4 is 5.73 Å². The molecule has 0 aromatic carbocycles. The summed E-state index contributed by atoms with van der Waals surface area (Å²) in [6.07, 6.45) is 5.67. The normalized spacial score (nSPS) is 26.3. The smallest absolute Gasteiger partial charge is 0.225 e. The molecule has 3 heteroatoms. The van der Waals surface area contributed by atoms with E-state index >= 15 is 0 Å². The Morgan fingerprint density at radius 2 is 2.20 bits per heavy atom. The van der Waals surface area contributed by atoms with Crippen LogP contribution in [0.1, 0.15) is 39.0 Å². The summed E-state index contributed by atoms with van der Waals surface area (Å²) in [4.78, 5) is 13.8. The summed E-state index contributed by atoms with van der Waals surface area (Å²) in [5.41, 5.74) is 5.57. The Morgan fingerprint density at radius 3 is 2.80 bits per heavy atom. The molecule has 0 heterocycles. The van der Waals surface area contributed by atoms with Crippen molar-refractivity contribution < 1.29 is 4.79 Å². The predicted octanol–water partition coefficient (Wildman–Crippen LogP) is 1.62. The molecule has 0 radical (unpaired) electrons. The fourth-order valence-electron chi connectivity index (χ4n) is 2.48. The minimum Gasteiger partial charge on any atom is -0.346 e. The maximum Gasteiger partial charge on any atom is 0.225 e. The lowest BCUT2D eigenvalue weighted by Crippen LogP contribution is -2.35. The van der Waals surface area contributed by atoms with Gasteiger partial charge in [0.15, 0.2) is 0 Å². The Labute approximate surface area is 93.0 Å². The van der Waals surface area contributed by atoms with Crippen molar-refractivity contribution in [3.8, 4) is 0 Å².